The van der Waals surface area contributed by atoms with E-state index in [9.17, 15) is 9.90 Å². The highest BCUT2D eigenvalue weighted by Gasteiger charge is 2.31. The van der Waals surface area contributed by atoms with Crippen LogP contribution in [0.15, 0.2) is 30.6 Å². The van der Waals surface area contributed by atoms with Crippen LogP contribution in [0.1, 0.15) is 23.7 Å². The van der Waals surface area contributed by atoms with Crippen molar-refractivity contribution in [3.8, 4) is 11.1 Å². The summed E-state index contributed by atoms with van der Waals surface area (Å²) in [7, 11) is 1.90. The van der Waals surface area contributed by atoms with E-state index in [1.54, 1.807) is 11.6 Å². The Morgan fingerprint density at radius 1 is 1.31 bits per heavy atom. The van der Waals surface area contributed by atoms with Gasteiger partial charge in [-0.25, -0.2) is 0 Å². The van der Waals surface area contributed by atoms with Crippen molar-refractivity contribution in [2.75, 3.05) is 18.0 Å². The summed E-state index contributed by atoms with van der Waals surface area (Å²) in [6, 6.07) is 6.31. The Hall–Kier alpha value is -3.13. The summed E-state index contributed by atoms with van der Waals surface area (Å²) in [5.74, 6) is 0.878. The molecule has 0 saturated heterocycles. The lowest BCUT2D eigenvalue weighted by Crippen LogP contribution is -2.38. The molecular weight excluding hydrogens is 368 g/mol. The Morgan fingerprint density at radius 3 is 2.93 bits per heavy atom. The van der Waals surface area contributed by atoms with Crippen LogP contribution in [0.2, 0.25) is 0 Å². The lowest BCUT2D eigenvalue weighted by molar-refractivity contribution is -0.129. The number of aryl methyl sites for hydroxylation is 1. The lowest BCUT2D eigenvalue weighted by Gasteiger charge is -2.34. The Labute approximate surface area is 168 Å². The summed E-state index contributed by atoms with van der Waals surface area (Å²) in [5, 5.41) is 22.5. The summed E-state index contributed by atoms with van der Waals surface area (Å²) in [6.07, 6.45) is 4.72. The van der Waals surface area contributed by atoms with Crippen LogP contribution in [-0.4, -0.2) is 55.1 Å². The Kier molecular flexibility index (Phi) is 4.16. The standard InChI is InChI=1S/C21H24N6O2/c1-13(28)26-6-5-19-18(12-26)21(24-23-19)27-11-17(29)8-15-7-14(3-4-20(15)27)16-9-22-25(2)10-16/h3-4,7,9-10,17,29H,5-6,8,11-12H2,1-2H3,(H,23,24). The molecule has 1 unspecified atom stereocenters. The number of hydrogen-bond acceptors (Lipinski definition) is 5. The molecule has 1 aromatic carbocycles. The predicted octanol–water partition coefficient (Wildman–Crippen LogP) is 1.77. The molecule has 5 rings (SSSR count). The van der Waals surface area contributed by atoms with Crippen LogP contribution >= 0.6 is 0 Å². The highest BCUT2D eigenvalue weighted by atomic mass is 16.3. The number of aromatic amines is 1. The Balaban J connectivity index is 1.54. The zero-order chi connectivity index (χ0) is 20.1. The van der Waals surface area contributed by atoms with Crippen molar-refractivity contribution in [1.29, 1.82) is 0 Å². The van der Waals surface area contributed by atoms with E-state index in [4.69, 9.17) is 0 Å². The van der Waals surface area contributed by atoms with Gasteiger partial charge in [-0.1, -0.05) is 6.07 Å². The normalized spacial score (nSPS) is 18.5. The van der Waals surface area contributed by atoms with Crippen LogP contribution in [0.3, 0.4) is 0 Å². The van der Waals surface area contributed by atoms with Gasteiger partial charge >= 0.3 is 0 Å². The quantitative estimate of drug-likeness (QED) is 0.694. The molecule has 8 heteroatoms. The first-order valence-corrected chi connectivity index (χ1v) is 9.89. The van der Waals surface area contributed by atoms with Gasteiger partial charge in [0.1, 0.15) is 0 Å². The molecule has 2 aliphatic heterocycles. The molecule has 150 valence electrons. The van der Waals surface area contributed by atoms with Crippen molar-refractivity contribution >= 4 is 17.4 Å². The van der Waals surface area contributed by atoms with Crippen molar-refractivity contribution in [2.45, 2.75) is 32.4 Å². The number of amides is 1. The molecule has 2 aliphatic rings. The zero-order valence-corrected chi connectivity index (χ0v) is 16.6. The van der Waals surface area contributed by atoms with E-state index < -0.39 is 6.10 Å². The molecule has 0 fully saturated rings. The largest absolute Gasteiger partial charge is 0.391 e. The van der Waals surface area contributed by atoms with Gasteiger partial charge in [-0.3, -0.25) is 14.6 Å². The monoisotopic (exact) mass is 392 g/mol. The number of aliphatic hydroxyl groups is 1. The maximum atomic E-state index is 11.9. The minimum Gasteiger partial charge on any atom is -0.391 e. The highest BCUT2D eigenvalue weighted by Crippen LogP contribution is 2.38. The summed E-state index contributed by atoms with van der Waals surface area (Å²) in [4.78, 5) is 15.8. The van der Waals surface area contributed by atoms with E-state index in [0.29, 0.717) is 26.1 Å². The average molecular weight is 392 g/mol. The van der Waals surface area contributed by atoms with Crippen LogP contribution in [0.4, 0.5) is 11.5 Å². The number of carbonyl (C=O) groups is 1. The third kappa shape index (κ3) is 3.09. The molecule has 0 bridgehead atoms. The van der Waals surface area contributed by atoms with Crippen molar-refractivity contribution < 1.29 is 9.90 Å². The van der Waals surface area contributed by atoms with Crippen LogP contribution < -0.4 is 4.90 Å². The van der Waals surface area contributed by atoms with Gasteiger partial charge in [0.05, 0.1) is 25.4 Å². The van der Waals surface area contributed by atoms with Gasteiger partial charge in [-0.15, -0.1) is 0 Å². The number of rotatable bonds is 2. The number of carbonyl (C=O) groups excluding carboxylic acids is 1. The first kappa shape index (κ1) is 17.9. The van der Waals surface area contributed by atoms with Gasteiger partial charge in [0.2, 0.25) is 5.91 Å². The third-order valence-electron chi connectivity index (χ3n) is 5.87. The maximum absolute atomic E-state index is 11.9. The number of fused-ring (bicyclic) bond motifs is 2. The highest BCUT2D eigenvalue weighted by molar-refractivity contribution is 5.76. The van der Waals surface area contributed by atoms with E-state index in [0.717, 1.165) is 45.9 Å². The van der Waals surface area contributed by atoms with E-state index in [1.807, 2.05) is 24.3 Å². The molecule has 2 N–H and O–H groups in total. The van der Waals surface area contributed by atoms with Crippen LogP contribution in [-0.2, 0) is 31.2 Å². The van der Waals surface area contributed by atoms with Gasteiger partial charge in [0, 0.05) is 62.1 Å². The van der Waals surface area contributed by atoms with E-state index in [1.165, 1.54) is 0 Å². The molecule has 2 aromatic heterocycles. The third-order valence-corrected chi connectivity index (χ3v) is 5.87. The maximum Gasteiger partial charge on any atom is 0.219 e. The molecule has 1 amide bonds. The van der Waals surface area contributed by atoms with Gasteiger partial charge < -0.3 is 14.9 Å². The van der Waals surface area contributed by atoms with Gasteiger partial charge in [0.15, 0.2) is 5.82 Å². The second-order valence-corrected chi connectivity index (χ2v) is 7.91. The van der Waals surface area contributed by atoms with Gasteiger partial charge in [-0.2, -0.15) is 10.2 Å². The zero-order valence-electron chi connectivity index (χ0n) is 16.6. The molecule has 0 saturated carbocycles. The minimum absolute atomic E-state index is 0.0722. The second kappa shape index (κ2) is 6.73. The second-order valence-electron chi connectivity index (χ2n) is 7.91. The fourth-order valence-electron chi connectivity index (χ4n) is 4.36. The van der Waals surface area contributed by atoms with Crippen LogP contribution in [0, 0.1) is 0 Å². The van der Waals surface area contributed by atoms with Gasteiger partial charge in [-0.05, 0) is 23.3 Å². The number of hydrogen-bond donors (Lipinski definition) is 2. The molecular formula is C21H24N6O2. The number of β-amino-alcohol motifs (C(OH)–C–C–N with tert-alkyl or cyclic N) is 1. The minimum atomic E-state index is -0.480. The SMILES string of the molecule is CC(=O)N1CCc2[nH]nc(N3CC(O)Cc4cc(-c5cnn(C)c5)ccc43)c2C1. The van der Waals surface area contributed by atoms with Gasteiger partial charge in [0.25, 0.3) is 0 Å². The number of nitrogens with one attached hydrogen (secondary N) is 1. The number of aromatic nitrogens is 4. The molecule has 1 atom stereocenters. The molecule has 8 nitrogen and oxygen atoms in total. The van der Waals surface area contributed by atoms with Crippen molar-refractivity contribution in [3.63, 3.8) is 0 Å². The molecule has 3 aromatic rings. The summed E-state index contributed by atoms with van der Waals surface area (Å²) < 4.78 is 1.78. The first-order chi connectivity index (χ1) is 14.0. The lowest BCUT2D eigenvalue weighted by atomic mass is 9.95. The Morgan fingerprint density at radius 2 is 2.17 bits per heavy atom. The number of aliphatic hydroxyl groups excluding tert-OH is 1. The topological polar surface area (TPSA) is 90.3 Å². The van der Waals surface area contributed by atoms with Crippen LogP contribution in [0.5, 0.6) is 0 Å². The summed E-state index contributed by atoms with van der Waals surface area (Å²) >= 11 is 0. The molecule has 29 heavy (non-hydrogen) atoms. The molecule has 4 heterocycles. The molecule has 0 radical (unpaired) electrons. The van der Waals surface area contributed by atoms with E-state index in [-0.39, 0.29) is 5.91 Å². The fourth-order valence-corrected chi connectivity index (χ4v) is 4.36. The average Bonchev–Trinajstić information content (AvgIpc) is 3.32. The summed E-state index contributed by atoms with van der Waals surface area (Å²) in [6.45, 7) is 3.34. The van der Waals surface area contributed by atoms with Crippen LogP contribution in [0.25, 0.3) is 11.1 Å². The van der Waals surface area contributed by atoms with Crippen molar-refractivity contribution in [1.82, 2.24) is 24.9 Å². The van der Waals surface area contributed by atoms with Crippen molar-refractivity contribution in [2.24, 2.45) is 7.05 Å². The van der Waals surface area contributed by atoms with Crippen molar-refractivity contribution in [3.05, 3.63) is 47.4 Å². The number of anilines is 2. The molecule has 0 spiro atoms. The smallest absolute Gasteiger partial charge is 0.219 e. The number of nitrogens with zero attached hydrogens (tertiary/aromatic N) is 5. The number of H-pyrrole nitrogens is 1. The Bertz CT molecular complexity index is 1080. The fraction of sp³-hybridized carbons (Fsp3) is 0.381. The van der Waals surface area contributed by atoms with E-state index in [2.05, 4.69) is 38.4 Å². The molecule has 0 aliphatic carbocycles. The van der Waals surface area contributed by atoms with E-state index >= 15 is 0 Å². The summed E-state index contributed by atoms with van der Waals surface area (Å²) in [5.41, 5.74) is 6.39. The first-order valence-electron chi connectivity index (χ1n) is 9.89. The predicted molar refractivity (Wildman–Crippen MR) is 109 cm³/mol. The number of benzene rings is 1.